The fraction of sp³-hybridized carbons (Fsp3) is 0.154. The third-order valence-electron chi connectivity index (χ3n) is 2.76. The van der Waals surface area contributed by atoms with Crippen molar-refractivity contribution in [3.63, 3.8) is 0 Å². The van der Waals surface area contributed by atoms with E-state index in [2.05, 4.69) is 0 Å². The van der Waals surface area contributed by atoms with E-state index in [1.54, 1.807) is 6.92 Å². The lowest BCUT2D eigenvalue weighted by atomic mass is 10.2. The van der Waals surface area contributed by atoms with Crippen molar-refractivity contribution in [2.45, 2.75) is 13.5 Å². The molecule has 0 radical (unpaired) electrons. The summed E-state index contributed by atoms with van der Waals surface area (Å²) in [6.45, 7) is 1.52. The molecule has 1 aromatic heterocycles. The summed E-state index contributed by atoms with van der Waals surface area (Å²) in [7, 11) is 0. The van der Waals surface area contributed by atoms with Crippen LogP contribution < -0.4 is 11.3 Å². The molecule has 0 aliphatic rings. The van der Waals surface area contributed by atoms with Crippen molar-refractivity contribution in [1.29, 1.82) is 0 Å². The second-order valence-corrected chi connectivity index (χ2v) is 4.08. The zero-order valence-corrected chi connectivity index (χ0v) is 9.78. The van der Waals surface area contributed by atoms with Gasteiger partial charge in [0.05, 0.1) is 12.2 Å². The van der Waals surface area contributed by atoms with Gasteiger partial charge < -0.3 is 10.3 Å². The van der Waals surface area contributed by atoms with Crippen LogP contribution in [0.1, 0.15) is 11.1 Å². The van der Waals surface area contributed by atoms with Crippen molar-refractivity contribution in [2.24, 2.45) is 0 Å². The summed E-state index contributed by atoms with van der Waals surface area (Å²) in [6.07, 6.45) is 1.39. The first-order chi connectivity index (χ1) is 8.49. The molecule has 2 N–H and O–H groups in total. The Morgan fingerprint density at radius 2 is 1.89 bits per heavy atom. The second kappa shape index (κ2) is 4.60. The standard InChI is InChI=1S/C13H12F2N2O/c1-8-5-13(18)17(7-12(8)16)6-9-10(14)3-2-4-11(9)15/h2-5,7H,6,16H2,1H3. The molecule has 94 valence electrons. The molecule has 0 unspecified atom stereocenters. The third kappa shape index (κ3) is 2.25. The van der Waals surface area contributed by atoms with Gasteiger partial charge in [-0.05, 0) is 24.6 Å². The minimum Gasteiger partial charge on any atom is -0.397 e. The smallest absolute Gasteiger partial charge is 0.251 e. The first-order valence-corrected chi connectivity index (χ1v) is 5.38. The van der Waals surface area contributed by atoms with Crippen molar-refractivity contribution in [3.05, 3.63) is 63.6 Å². The highest BCUT2D eigenvalue weighted by molar-refractivity contribution is 5.43. The van der Waals surface area contributed by atoms with E-state index in [9.17, 15) is 13.6 Å². The third-order valence-corrected chi connectivity index (χ3v) is 2.76. The van der Waals surface area contributed by atoms with E-state index < -0.39 is 11.6 Å². The van der Waals surface area contributed by atoms with Gasteiger partial charge in [-0.25, -0.2) is 8.78 Å². The molecule has 3 nitrogen and oxygen atoms in total. The second-order valence-electron chi connectivity index (χ2n) is 4.08. The quantitative estimate of drug-likeness (QED) is 0.886. The van der Waals surface area contributed by atoms with E-state index in [0.29, 0.717) is 11.3 Å². The van der Waals surface area contributed by atoms with Gasteiger partial charge in [-0.3, -0.25) is 4.79 Å². The van der Waals surface area contributed by atoms with Gasteiger partial charge in [-0.2, -0.15) is 0 Å². The van der Waals surface area contributed by atoms with Crippen molar-refractivity contribution < 1.29 is 8.78 Å². The number of anilines is 1. The fourth-order valence-corrected chi connectivity index (χ4v) is 1.66. The summed E-state index contributed by atoms with van der Waals surface area (Å²) in [5.41, 5.74) is 6.23. The van der Waals surface area contributed by atoms with Crippen LogP contribution in [0.4, 0.5) is 14.5 Å². The summed E-state index contributed by atoms with van der Waals surface area (Å²) in [5.74, 6) is -1.36. The Kier molecular flexibility index (Phi) is 3.14. The first kappa shape index (κ1) is 12.3. The van der Waals surface area contributed by atoms with Gasteiger partial charge in [-0.15, -0.1) is 0 Å². The average molecular weight is 250 g/mol. The number of hydrogen-bond acceptors (Lipinski definition) is 2. The minimum atomic E-state index is -0.680. The zero-order valence-electron chi connectivity index (χ0n) is 9.78. The molecule has 0 fully saturated rings. The van der Waals surface area contributed by atoms with Crippen molar-refractivity contribution >= 4 is 5.69 Å². The predicted octanol–water partition coefficient (Wildman–Crippen LogP) is 2.07. The number of nitrogens with zero attached hydrogens (tertiary/aromatic N) is 1. The van der Waals surface area contributed by atoms with E-state index in [0.717, 1.165) is 12.1 Å². The van der Waals surface area contributed by atoms with Crippen molar-refractivity contribution in [3.8, 4) is 0 Å². The Morgan fingerprint density at radius 1 is 1.28 bits per heavy atom. The highest BCUT2D eigenvalue weighted by Crippen LogP contribution is 2.14. The first-order valence-electron chi connectivity index (χ1n) is 5.38. The van der Waals surface area contributed by atoms with Crippen LogP contribution >= 0.6 is 0 Å². The summed E-state index contributed by atoms with van der Waals surface area (Å²) >= 11 is 0. The van der Waals surface area contributed by atoms with Gasteiger partial charge >= 0.3 is 0 Å². The van der Waals surface area contributed by atoms with Crippen LogP contribution in [0.2, 0.25) is 0 Å². The van der Waals surface area contributed by atoms with Crippen LogP contribution in [0.25, 0.3) is 0 Å². The largest absolute Gasteiger partial charge is 0.397 e. The van der Waals surface area contributed by atoms with Gasteiger partial charge in [-0.1, -0.05) is 6.07 Å². The molecular formula is C13H12F2N2O. The van der Waals surface area contributed by atoms with Crippen LogP contribution in [0.5, 0.6) is 0 Å². The lowest BCUT2D eigenvalue weighted by Crippen LogP contribution is -2.21. The molecule has 0 bridgehead atoms. The maximum absolute atomic E-state index is 13.5. The van der Waals surface area contributed by atoms with Gasteiger partial charge in [0, 0.05) is 17.8 Å². The number of pyridine rings is 1. The molecule has 0 saturated carbocycles. The van der Waals surface area contributed by atoms with Crippen LogP contribution in [-0.2, 0) is 6.54 Å². The van der Waals surface area contributed by atoms with E-state index in [1.807, 2.05) is 0 Å². The van der Waals surface area contributed by atoms with E-state index >= 15 is 0 Å². The summed E-state index contributed by atoms with van der Waals surface area (Å²) < 4.78 is 28.1. The van der Waals surface area contributed by atoms with Gasteiger partial charge in [0.2, 0.25) is 0 Å². The number of benzene rings is 1. The highest BCUT2D eigenvalue weighted by Gasteiger charge is 2.10. The molecule has 5 heteroatoms. The molecule has 1 heterocycles. The molecule has 0 aliphatic carbocycles. The van der Waals surface area contributed by atoms with Crippen LogP contribution in [0.3, 0.4) is 0 Å². The number of halogens is 2. The molecule has 1 aromatic carbocycles. The van der Waals surface area contributed by atoms with Crippen LogP contribution in [-0.4, -0.2) is 4.57 Å². The Morgan fingerprint density at radius 3 is 2.50 bits per heavy atom. The predicted molar refractivity (Wildman–Crippen MR) is 65.3 cm³/mol. The van der Waals surface area contributed by atoms with Gasteiger partial charge in [0.15, 0.2) is 0 Å². The van der Waals surface area contributed by atoms with Crippen LogP contribution in [0.15, 0.2) is 35.3 Å². The maximum Gasteiger partial charge on any atom is 0.251 e. The Hall–Kier alpha value is -2.17. The molecule has 0 amide bonds. The number of aromatic nitrogens is 1. The molecule has 0 aliphatic heterocycles. The SMILES string of the molecule is Cc1cc(=O)n(Cc2c(F)cccc2F)cc1N. The minimum absolute atomic E-state index is 0.150. The monoisotopic (exact) mass is 250 g/mol. The number of nitrogens with two attached hydrogens (primary N) is 1. The lowest BCUT2D eigenvalue weighted by Gasteiger charge is -2.09. The highest BCUT2D eigenvalue weighted by atomic mass is 19.1. The summed E-state index contributed by atoms with van der Waals surface area (Å²) in [6, 6.07) is 4.93. The zero-order chi connectivity index (χ0) is 13.3. The summed E-state index contributed by atoms with van der Waals surface area (Å²) in [4.78, 5) is 11.7. The molecule has 0 atom stereocenters. The van der Waals surface area contributed by atoms with E-state index in [4.69, 9.17) is 5.73 Å². The van der Waals surface area contributed by atoms with Gasteiger partial charge in [0.25, 0.3) is 5.56 Å². The average Bonchev–Trinajstić information content (AvgIpc) is 2.30. The number of aryl methyl sites for hydroxylation is 1. The van der Waals surface area contributed by atoms with Gasteiger partial charge in [0.1, 0.15) is 11.6 Å². The molecule has 2 rings (SSSR count). The fourth-order valence-electron chi connectivity index (χ4n) is 1.66. The Bertz CT molecular complexity index is 630. The Labute approximate surface area is 102 Å². The number of hydrogen-bond donors (Lipinski definition) is 1. The van der Waals surface area contributed by atoms with Crippen LogP contribution in [0, 0.1) is 18.6 Å². The van der Waals surface area contributed by atoms with E-state index in [1.165, 1.54) is 22.9 Å². The molecule has 18 heavy (non-hydrogen) atoms. The maximum atomic E-state index is 13.5. The Balaban J connectivity index is 2.47. The van der Waals surface area contributed by atoms with Crippen molar-refractivity contribution in [1.82, 2.24) is 4.57 Å². The number of nitrogen functional groups attached to an aromatic ring is 1. The van der Waals surface area contributed by atoms with Crippen molar-refractivity contribution in [2.75, 3.05) is 5.73 Å². The normalized spacial score (nSPS) is 10.6. The van der Waals surface area contributed by atoms with E-state index in [-0.39, 0.29) is 17.7 Å². The number of rotatable bonds is 2. The molecule has 0 saturated heterocycles. The topological polar surface area (TPSA) is 48.0 Å². The molecule has 2 aromatic rings. The lowest BCUT2D eigenvalue weighted by molar-refractivity contribution is 0.541. The molecular weight excluding hydrogens is 238 g/mol. The molecule has 0 spiro atoms. The summed E-state index contributed by atoms with van der Waals surface area (Å²) in [5, 5.41) is 0.